The summed E-state index contributed by atoms with van der Waals surface area (Å²) in [5, 5.41) is 2.75. The number of rotatable bonds is 4. The first-order valence-electron chi connectivity index (χ1n) is 9.51. The zero-order valence-electron chi connectivity index (χ0n) is 15.5. The Morgan fingerprint density at radius 2 is 1.64 bits per heavy atom. The highest BCUT2D eigenvalue weighted by Gasteiger charge is 2.56. The highest BCUT2D eigenvalue weighted by Crippen LogP contribution is 2.45. The van der Waals surface area contributed by atoms with E-state index in [0.29, 0.717) is 0 Å². The van der Waals surface area contributed by atoms with Gasteiger partial charge in [0.25, 0.3) is 5.91 Å². The van der Waals surface area contributed by atoms with E-state index >= 15 is 0 Å². The molecule has 1 N–H and O–H groups in total. The van der Waals surface area contributed by atoms with Crippen molar-refractivity contribution in [3.63, 3.8) is 0 Å². The van der Waals surface area contributed by atoms with Crippen LogP contribution in [0.4, 0.5) is 4.79 Å². The van der Waals surface area contributed by atoms with Crippen molar-refractivity contribution in [1.29, 1.82) is 0 Å². The first-order valence-corrected chi connectivity index (χ1v) is 9.51. The Labute approximate surface area is 162 Å². The minimum atomic E-state index is -0.899. The van der Waals surface area contributed by atoms with Crippen LogP contribution in [0.2, 0.25) is 0 Å². The van der Waals surface area contributed by atoms with Crippen molar-refractivity contribution < 1.29 is 19.1 Å². The number of benzene rings is 2. The van der Waals surface area contributed by atoms with E-state index in [0.717, 1.165) is 40.0 Å². The molecule has 1 heterocycles. The Morgan fingerprint density at radius 3 is 2.21 bits per heavy atom. The minimum absolute atomic E-state index is 0.151. The first kappa shape index (κ1) is 17.0. The number of hydrogen-bond acceptors (Lipinski definition) is 4. The molecule has 1 saturated heterocycles. The van der Waals surface area contributed by atoms with Crippen molar-refractivity contribution in [3.05, 3.63) is 59.7 Å². The SMILES string of the molecule is C[C@]1(C2CC2)NC(=O)N(CC(=O)OC2c3ccccc3-c3ccccc32)C1=O. The van der Waals surface area contributed by atoms with Gasteiger partial charge in [0.15, 0.2) is 6.10 Å². The predicted octanol–water partition coefficient (Wildman–Crippen LogP) is 3.02. The topological polar surface area (TPSA) is 75.7 Å². The van der Waals surface area contributed by atoms with Crippen LogP contribution in [-0.4, -0.2) is 34.9 Å². The molecule has 0 spiro atoms. The second kappa shape index (κ2) is 5.92. The Kier molecular flexibility index (Phi) is 3.59. The average Bonchev–Trinajstić information content (AvgIpc) is 3.48. The molecular formula is C22H20N2O4. The molecule has 2 fully saturated rings. The summed E-state index contributed by atoms with van der Waals surface area (Å²) in [6.45, 7) is 1.35. The van der Waals surface area contributed by atoms with E-state index in [1.54, 1.807) is 6.92 Å². The van der Waals surface area contributed by atoms with Crippen LogP contribution in [-0.2, 0) is 14.3 Å². The zero-order chi connectivity index (χ0) is 19.5. The molecule has 1 saturated carbocycles. The van der Waals surface area contributed by atoms with Crippen LogP contribution >= 0.6 is 0 Å². The third-order valence-electron chi connectivity index (χ3n) is 6.01. The smallest absolute Gasteiger partial charge is 0.327 e. The molecular weight excluding hydrogens is 356 g/mol. The van der Waals surface area contributed by atoms with Gasteiger partial charge in [-0.15, -0.1) is 0 Å². The maximum atomic E-state index is 12.7. The Morgan fingerprint density at radius 1 is 1.07 bits per heavy atom. The molecule has 0 bridgehead atoms. The fourth-order valence-corrected chi connectivity index (χ4v) is 4.33. The van der Waals surface area contributed by atoms with Crippen molar-refractivity contribution in [3.8, 4) is 11.1 Å². The van der Waals surface area contributed by atoms with Crippen LogP contribution in [0.5, 0.6) is 0 Å². The van der Waals surface area contributed by atoms with Gasteiger partial charge >= 0.3 is 12.0 Å². The number of nitrogens with one attached hydrogen (secondary N) is 1. The molecule has 2 aromatic carbocycles. The molecule has 0 unspecified atom stereocenters. The summed E-state index contributed by atoms with van der Waals surface area (Å²) in [5.74, 6) is -0.789. The lowest BCUT2D eigenvalue weighted by atomic mass is 9.96. The maximum absolute atomic E-state index is 12.7. The Balaban J connectivity index is 1.37. The Bertz CT molecular complexity index is 968. The molecule has 3 aliphatic rings. The molecule has 1 aliphatic heterocycles. The molecule has 6 heteroatoms. The lowest BCUT2D eigenvalue weighted by Gasteiger charge is -2.21. The summed E-state index contributed by atoms with van der Waals surface area (Å²) in [6.07, 6.45) is 1.29. The third kappa shape index (κ3) is 2.44. The van der Waals surface area contributed by atoms with E-state index in [2.05, 4.69) is 5.32 Å². The number of esters is 1. The fourth-order valence-electron chi connectivity index (χ4n) is 4.33. The van der Waals surface area contributed by atoms with E-state index in [1.165, 1.54) is 0 Å². The van der Waals surface area contributed by atoms with Crippen LogP contribution in [0.1, 0.15) is 37.0 Å². The average molecular weight is 376 g/mol. The van der Waals surface area contributed by atoms with Gasteiger partial charge < -0.3 is 10.1 Å². The number of hydrogen-bond donors (Lipinski definition) is 1. The summed E-state index contributed by atoms with van der Waals surface area (Å²) < 4.78 is 5.75. The van der Waals surface area contributed by atoms with Crippen LogP contribution < -0.4 is 5.32 Å². The molecule has 3 amide bonds. The lowest BCUT2D eigenvalue weighted by molar-refractivity contribution is -0.151. The fraction of sp³-hybridized carbons (Fsp3) is 0.318. The summed E-state index contributed by atoms with van der Waals surface area (Å²) in [7, 11) is 0. The number of urea groups is 1. The lowest BCUT2D eigenvalue weighted by Crippen LogP contribution is -2.46. The molecule has 5 rings (SSSR count). The molecule has 0 aromatic heterocycles. The van der Waals surface area contributed by atoms with Crippen molar-refractivity contribution in [2.24, 2.45) is 5.92 Å². The third-order valence-corrected chi connectivity index (χ3v) is 6.01. The number of amides is 3. The van der Waals surface area contributed by atoms with Gasteiger partial charge in [-0.3, -0.25) is 14.5 Å². The predicted molar refractivity (Wildman–Crippen MR) is 101 cm³/mol. The number of ether oxygens (including phenoxy) is 1. The van der Waals surface area contributed by atoms with Crippen LogP contribution in [0.25, 0.3) is 11.1 Å². The number of nitrogens with zero attached hydrogens (tertiary/aromatic N) is 1. The molecule has 0 radical (unpaired) electrons. The standard InChI is InChI=1S/C22H20N2O4/c1-22(13-10-11-13)20(26)24(21(27)23-22)12-18(25)28-19-16-8-4-2-6-14(16)15-7-3-5-9-17(15)19/h2-9,13,19H,10-12H2,1H3,(H,23,27)/t22-/m1/s1. The molecule has 1 atom stereocenters. The van der Waals surface area contributed by atoms with Crippen LogP contribution in [0, 0.1) is 5.92 Å². The summed E-state index contributed by atoms with van der Waals surface area (Å²) in [6, 6.07) is 15.1. The van der Waals surface area contributed by atoms with E-state index in [4.69, 9.17) is 4.74 Å². The van der Waals surface area contributed by atoms with Gasteiger partial charge in [-0.2, -0.15) is 0 Å². The summed E-state index contributed by atoms with van der Waals surface area (Å²) in [5.41, 5.74) is 3.00. The maximum Gasteiger partial charge on any atom is 0.327 e. The van der Waals surface area contributed by atoms with Gasteiger partial charge in [-0.25, -0.2) is 4.79 Å². The normalized spacial score (nSPS) is 23.4. The number of fused-ring (bicyclic) bond motifs is 3. The van der Waals surface area contributed by atoms with E-state index in [-0.39, 0.29) is 18.4 Å². The molecule has 28 heavy (non-hydrogen) atoms. The Hall–Kier alpha value is -3.15. The van der Waals surface area contributed by atoms with Crippen molar-refractivity contribution in [2.45, 2.75) is 31.4 Å². The number of imide groups is 1. The second-order valence-corrected chi connectivity index (χ2v) is 7.84. The molecule has 6 nitrogen and oxygen atoms in total. The largest absolute Gasteiger partial charge is 0.451 e. The quantitative estimate of drug-likeness (QED) is 0.657. The summed E-state index contributed by atoms with van der Waals surface area (Å²) >= 11 is 0. The van der Waals surface area contributed by atoms with E-state index in [1.807, 2.05) is 48.5 Å². The van der Waals surface area contributed by atoms with Gasteiger partial charge in [0.1, 0.15) is 12.1 Å². The van der Waals surface area contributed by atoms with Crippen molar-refractivity contribution in [2.75, 3.05) is 6.54 Å². The molecule has 2 aliphatic carbocycles. The monoisotopic (exact) mass is 376 g/mol. The minimum Gasteiger partial charge on any atom is -0.451 e. The van der Waals surface area contributed by atoms with Crippen molar-refractivity contribution in [1.82, 2.24) is 10.2 Å². The molecule has 142 valence electrons. The number of carbonyl (C=O) groups excluding carboxylic acids is 3. The zero-order valence-corrected chi connectivity index (χ0v) is 15.5. The first-order chi connectivity index (χ1) is 13.5. The van der Waals surface area contributed by atoms with E-state index in [9.17, 15) is 14.4 Å². The van der Waals surface area contributed by atoms with Crippen molar-refractivity contribution >= 4 is 17.9 Å². The highest BCUT2D eigenvalue weighted by atomic mass is 16.5. The summed E-state index contributed by atoms with van der Waals surface area (Å²) in [4.78, 5) is 38.7. The van der Waals surface area contributed by atoms with Gasteiger partial charge in [0, 0.05) is 11.1 Å². The highest BCUT2D eigenvalue weighted by molar-refractivity contribution is 6.08. The van der Waals surface area contributed by atoms with E-state index < -0.39 is 23.6 Å². The van der Waals surface area contributed by atoms with Crippen LogP contribution in [0.15, 0.2) is 48.5 Å². The van der Waals surface area contributed by atoms with Crippen LogP contribution in [0.3, 0.4) is 0 Å². The van der Waals surface area contributed by atoms with Gasteiger partial charge in [0.05, 0.1) is 0 Å². The van der Waals surface area contributed by atoms with Gasteiger partial charge in [-0.05, 0) is 36.8 Å². The van der Waals surface area contributed by atoms with Gasteiger partial charge in [0.2, 0.25) is 0 Å². The second-order valence-electron chi connectivity index (χ2n) is 7.84. The van der Waals surface area contributed by atoms with Gasteiger partial charge in [-0.1, -0.05) is 48.5 Å². The molecule has 2 aromatic rings. The number of carbonyl (C=O) groups is 3.